The number of aliphatic hydroxyl groups excluding tert-OH is 1. The largest absolute Gasteiger partial charge is 0.481 e. The van der Waals surface area contributed by atoms with Crippen molar-refractivity contribution in [3.63, 3.8) is 0 Å². The number of fused-ring (bicyclic) bond motifs is 1. The van der Waals surface area contributed by atoms with Crippen LogP contribution in [0.3, 0.4) is 0 Å². The second-order valence-corrected chi connectivity index (χ2v) is 13.7. The van der Waals surface area contributed by atoms with Crippen LogP contribution in [0.1, 0.15) is 30.4 Å². The van der Waals surface area contributed by atoms with Gasteiger partial charge in [-0.15, -0.1) is 0 Å². The molecule has 3 aromatic heterocycles. The molecular weight excluding hydrogens is 675 g/mol. The molecule has 0 spiro atoms. The molecule has 2 aliphatic rings. The van der Waals surface area contributed by atoms with Crippen molar-refractivity contribution in [3.8, 4) is 39.4 Å². The average Bonchev–Trinajstić information content (AvgIpc) is 3.77. The van der Waals surface area contributed by atoms with Crippen LogP contribution in [-0.2, 0) is 17.9 Å². The quantitative estimate of drug-likeness (QED) is 0.126. The Hall–Kier alpha value is -4.32. The Morgan fingerprint density at radius 2 is 1.64 bits per heavy atom. The van der Waals surface area contributed by atoms with Gasteiger partial charge in [-0.05, 0) is 55.0 Å². The van der Waals surface area contributed by atoms with Gasteiger partial charge in [-0.1, -0.05) is 65.7 Å². The van der Waals surface area contributed by atoms with Gasteiger partial charge in [-0.3, -0.25) is 14.0 Å². The number of methoxy groups -OCH3 is 1. The molecule has 2 fully saturated rings. The van der Waals surface area contributed by atoms with Crippen LogP contribution < -0.4 is 26.2 Å². The van der Waals surface area contributed by atoms with E-state index in [-0.39, 0.29) is 24.1 Å². The fourth-order valence-corrected chi connectivity index (χ4v) is 7.28. The zero-order chi connectivity index (χ0) is 34.8. The SMILES string of the molecule is COc1nc(-c2cccc(-c3cccc(-c4ccn5c(=O)c(CNCC6C[C@H]6CO)cnc5c4)c3Cl)c2Cl)ccc1CNC[C@@H]1CCC(=O)N1. The predicted molar refractivity (Wildman–Crippen MR) is 195 cm³/mol. The van der Waals surface area contributed by atoms with E-state index in [9.17, 15) is 14.7 Å². The van der Waals surface area contributed by atoms with E-state index in [1.54, 1.807) is 23.9 Å². The van der Waals surface area contributed by atoms with Crippen molar-refractivity contribution >= 4 is 34.8 Å². The number of benzene rings is 2. The lowest BCUT2D eigenvalue weighted by Crippen LogP contribution is -2.35. The minimum atomic E-state index is -0.124. The molecule has 1 saturated carbocycles. The standard InChI is InChI=1S/C38H38Cl2N6O4/c1-50-37-23(16-42-20-27-9-11-34(48)44-27)8-10-32(45-37)31-7-3-6-30(36(31)40)29-5-2-4-28(35(29)39)22-12-13-46-33(15-22)43-19-26(38(46)49)18-41-17-24-14-25(24)21-47/h2-8,10,12-13,15,19,24-25,27,41-42,47H,9,11,14,16-18,20-21H2,1H3,(H,44,48)/t24?,25-,27-/m0/s1. The van der Waals surface area contributed by atoms with Crippen molar-refractivity contribution in [2.24, 2.45) is 11.8 Å². The van der Waals surface area contributed by atoms with Crippen LogP contribution in [0.15, 0.2) is 77.9 Å². The number of halogens is 2. The van der Waals surface area contributed by atoms with Crippen LogP contribution in [0.25, 0.3) is 39.2 Å². The number of aliphatic hydroxyl groups is 1. The second kappa shape index (κ2) is 14.9. The summed E-state index contributed by atoms with van der Waals surface area (Å²) < 4.78 is 7.19. The Bertz CT molecular complexity index is 2120. The van der Waals surface area contributed by atoms with Gasteiger partial charge in [-0.2, -0.15) is 0 Å². The molecular formula is C38H38Cl2N6O4. The highest BCUT2D eigenvalue weighted by Gasteiger charge is 2.35. The van der Waals surface area contributed by atoms with Crippen molar-refractivity contribution in [1.29, 1.82) is 0 Å². The molecule has 258 valence electrons. The number of nitrogens with zero attached hydrogens (tertiary/aromatic N) is 3. The van der Waals surface area contributed by atoms with Gasteiger partial charge in [0.2, 0.25) is 11.8 Å². The number of rotatable bonds is 13. The van der Waals surface area contributed by atoms with Crippen LogP contribution in [-0.4, -0.2) is 58.2 Å². The zero-order valence-electron chi connectivity index (χ0n) is 27.6. The Morgan fingerprint density at radius 3 is 2.36 bits per heavy atom. The highest BCUT2D eigenvalue weighted by molar-refractivity contribution is 6.39. The summed E-state index contributed by atoms with van der Waals surface area (Å²) in [5.41, 5.74) is 6.39. The molecule has 0 radical (unpaired) electrons. The molecule has 10 nitrogen and oxygen atoms in total. The lowest BCUT2D eigenvalue weighted by molar-refractivity contribution is -0.119. The number of hydrogen-bond donors (Lipinski definition) is 4. The van der Waals surface area contributed by atoms with Crippen LogP contribution in [0.4, 0.5) is 0 Å². The van der Waals surface area contributed by atoms with Crippen molar-refractivity contribution in [2.75, 3.05) is 26.8 Å². The Kier molecular flexibility index (Phi) is 10.2. The van der Waals surface area contributed by atoms with Gasteiger partial charge in [0.1, 0.15) is 5.65 Å². The Labute approximate surface area is 299 Å². The van der Waals surface area contributed by atoms with Crippen LogP contribution >= 0.6 is 23.2 Å². The maximum absolute atomic E-state index is 13.2. The summed E-state index contributed by atoms with van der Waals surface area (Å²) in [6.07, 6.45) is 5.77. The number of nitrogens with one attached hydrogen (secondary N) is 3. The summed E-state index contributed by atoms with van der Waals surface area (Å²) in [6.45, 7) is 2.62. The number of pyridine rings is 2. The molecule has 12 heteroatoms. The molecule has 0 bridgehead atoms. The van der Waals surface area contributed by atoms with E-state index in [0.29, 0.717) is 70.7 Å². The van der Waals surface area contributed by atoms with Crippen molar-refractivity contribution in [3.05, 3.63) is 105 Å². The molecule has 50 heavy (non-hydrogen) atoms. The highest BCUT2D eigenvalue weighted by atomic mass is 35.5. The summed E-state index contributed by atoms with van der Waals surface area (Å²) in [5, 5.41) is 20.0. The van der Waals surface area contributed by atoms with E-state index < -0.39 is 0 Å². The minimum Gasteiger partial charge on any atom is -0.481 e. The van der Waals surface area contributed by atoms with Gasteiger partial charge in [0, 0.05) is 84.5 Å². The van der Waals surface area contributed by atoms with Crippen molar-refractivity contribution < 1.29 is 14.6 Å². The average molecular weight is 714 g/mol. The zero-order valence-corrected chi connectivity index (χ0v) is 29.1. The topological polar surface area (TPSA) is 130 Å². The number of carbonyl (C=O) groups excluding carboxylic acids is 1. The molecule has 1 saturated heterocycles. The summed E-state index contributed by atoms with van der Waals surface area (Å²) in [5.74, 6) is 1.43. The predicted octanol–water partition coefficient (Wildman–Crippen LogP) is 5.49. The van der Waals surface area contributed by atoms with Crippen LogP contribution in [0.2, 0.25) is 10.0 Å². The fourth-order valence-electron chi connectivity index (χ4n) is 6.62. The maximum Gasteiger partial charge on any atom is 0.262 e. The highest BCUT2D eigenvalue weighted by Crippen LogP contribution is 2.42. The Balaban J connectivity index is 1.11. The van der Waals surface area contributed by atoms with Crippen molar-refractivity contribution in [2.45, 2.75) is 38.4 Å². The first-order valence-electron chi connectivity index (χ1n) is 16.8. The first-order chi connectivity index (χ1) is 24.3. The van der Waals surface area contributed by atoms with Gasteiger partial charge in [0.15, 0.2) is 0 Å². The molecule has 7 rings (SSSR count). The summed E-state index contributed by atoms with van der Waals surface area (Å²) >= 11 is 14.2. The molecule has 5 aromatic rings. The number of amides is 1. The monoisotopic (exact) mass is 712 g/mol. The maximum atomic E-state index is 13.2. The molecule has 1 unspecified atom stereocenters. The van der Waals surface area contributed by atoms with Crippen LogP contribution in [0.5, 0.6) is 5.88 Å². The first-order valence-corrected chi connectivity index (χ1v) is 17.5. The van der Waals surface area contributed by atoms with Gasteiger partial charge in [0.05, 0.1) is 22.8 Å². The number of hydrogen-bond acceptors (Lipinski definition) is 8. The van der Waals surface area contributed by atoms with E-state index in [0.717, 1.165) is 52.8 Å². The third-order valence-electron chi connectivity index (χ3n) is 9.60. The normalized spacial score (nSPS) is 18.4. The molecule has 1 aliphatic heterocycles. The third-order valence-corrected chi connectivity index (χ3v) is 10.4. The molecule has 2 aromatic carbocycles. The lowest BCUT2D eigenvalue weighted by Gasteiger charge is -2.16. The second-order valence-electron chi connectivity index (χ2n) is 12.9. The van der Waals surface area contributed by atoms with E-state index in [1.165, 1.54) is 0 Å². The van der Waals surface area contributed by atoms with Gasteiger partial charge >= 0.3 is 0 Å². The van der Waals surface area contributed by atoms with Crippen molar-refractivity contribution in [1.82, 2.24) is 30.3 Å². The van der Waals surface area contributed by atoms with E-state index in [4.69, 9.17) is 32.9 Å². The molecule has 4 heterocycles. The van der Waals surface area contributed by atoms with E-state index in [2.05, 4.69) is 20.9 Å². The van der Waals surface area contributed by atoms with Gasteiger partial charge < -0.3 is 25.8 Å². The number of ether oxygens (including phenoxy) is 1. The summed E-state index contributed by atoms with van der Waals surface area (Å²) in [4.78, 5) is 34.1. The first kappa shape index (κ1) is 34.1. The minimum absolute atomic E-state index is 0.0947. The smallest absolute Gasteiger partial charge is 0.262 e. The Morgan fingerprint density at radius 1 is 0.920 bits per heavy atom. The summed E-state index contributed by atoms with van der Waals surface area (Å²) in [7, 11) is 1.59. The number of aromatic nitrogens is 3. The van der Waals surface area contributed by atoms with Crippen LogP contribution in [0, 0.1) is 11.8 Å². The lowest BCUT2D eigenvalue weighted by atomic mass is 9.97. The van der Waals surface area contributed by atoms with Gasteiger partial charge in [0.25, 0.3) is 5.56 Å². The van der Waals surface area contributed by atoms with E-state index >= 15 is 0 Å². The molecule has 3 atom stereocenters. The molecule has 1 amide bonds. The summed E-state index contributed by atoms with van der Waals surface area (Å²) in [6, 6.07) is 19.3. The van der Waals surface area contributed by atoms with Gasteiger partial charge in [-0.25, -0.2) is 9.97 Å². The van der Waals surface area contributed by atoms with E-state index in [1.807, 2.05) is 60.7 Å². The fraction of sp³-hybridized carbons (Fsp3) is 0.316. The number of carbonyl (C=O) groups is 1. The third kappa shape index (κ3) is 7.12. The molecule has 1 aliphatic carbocycles. The molecule has 4 N–H and O–H groups in total.